The van der Waals surface area contributed by atoms with Gasteiger partial charge in [-0.15, -0.1) is 0 Å². The zero-order valence-electron chi connectivity index (χ0n) is 17.8. The van der Waals surface area contributed by atoms with Gasteiger partial charge in [-0.3, -0.25) is 4.79 Å². The highest BCUT2D eigenvalue weighted by Crippen LogP contribution is 2.43. The van der Waals surface area contributed by atoms with E-state index in [0.29, 0.717) is 59.5 Å². The van der Waals surface area contributed by atoms with Crippen molar-refractivity contribution < 1.29 is 33.3 Å². The lowest BCUT2D eigenvalue weighted by Gasteiger charge is -2.33. The number of phenolic OH excluding ortho intramolecular Hbond substituents is 1. The average Bonchev–Trinajstić information content (AvgIpc) is 2.77. The molecule has 33 heavy (non-hydrogen) atoms. The highest BCUT2D eigenvalue weighted by molar-refractivity contribution is 6.01. The van der Waals surface area contributed by atoms with Crippen LogP contribution >= 0.6 is 0 Å². The van der Waals surface area contributed by atoms with Gasteiger partial charge in [-0.25, -0.2) is 13.8 Å². The van der Waals surface area contributed by atoms with Crippen LogP contribution in [-0.4, -0.2) is 40.5 Å². The summed E-state index contributed by atoms with van der Waals surface area (Å²) in [7, 11) is 0. The number of hydrogen-bond donors (Lipinski definition) is 2. The number of ether oxygens (including phenoxy) is 2. The van der Waals surface area contributed by atoms with Crippen LogP contribution in [0.5, 0.6) is 11.6 Å². The molecule has 2 heterocycles. The summed E-state index contributed by atoms with van der Waals surface area (Å²) in [6.45, 7) is 1.13. The Hall–Kier alpha value is -3.26. The maximum absolute atomic E-state index is 14.2. The average molecular weight is 455 g/mol. The Morgan fingerprint density at radius 3 is 2.48 bits per heavy atom. The van der Waals surface area contributed by atoms with Gasteiger partial charge < -0.3 is 19.7 Å². The fourth-order valence-corrected chi connectivity index (χ4v) is 4.62. The molecule has 2 aromatic carbocycles. The number of fused-ring (bicyclic) bond motifs is 1. The minimum atomic E-state index is -0.952. The van der Waals surface area contributed by atoms with Gasteiger partial charge in [-0.05, 0) is 67.0 Å². The molecule has 1 aromatic heterocycles. The fourth-order valence-electron chi connectivity index (χ4n) is 4.62. The molecular weight excluding hydrogens is 432 g/mol. The summed E-state index contributed by atoms with van der Waals surface area (Å²) in [6, 6.07) is 8.56. The molecule has 0 amide bonds. The molecular formula is C25H23F2NO5. The van der Waals surface area contributed by atoms with Gasteiger partial charge in [0, 0.05) is 30.1 Å². The van der Waals surface area contributed by atoms with Gasteiger partial charge in [0.05, 0.1) is 11.6 Å². The number of hydrogen-bond acceptors (Lipinski definition) is 5. The molecule has 2 fully saturated rings. The molecule has 2 N–H and O–H groups in total. The predicted molar refractivity (Wildman–Crippen MR) is 116 cm³/mol. The number of nitrogens with zero attached hydrogens (tertiary/aromatic N) is 1. The van der Waals surface area contributed by atoms with Crippen molar-refractivity contribution in [2.75, 3.05) is 13.2 Å². The van der Waals surface area contributed by atoms with Crippen molar-refractivity contribution in [2.45, 2.75) is 37.7 Å². The normalized spacial score (nSPS) is 21.0. The van der Waals surface area contributed by atoms with Crippen LogP contribution < -0.4 is 4.74 Å². The standard InChI is InChI=1S/C25H23F2NO5/c26-20-4-1-14(11-21(20)27)22-18-3-2-16(29)12-19(18)24(33-17-9-15(10-17)25(30)31)28-23(22)13-5-7-32-8-6-13/h1-4,11-13,15,17,29H,5-10H2,(H,30,31)/t15-,17-. The van der Waals surface area contributed by atoms with Gasteiger partial charge in [-0.2, -0.15) is 0 Å². The molecule has 0 radical (unpaired) electrons. The zero-order chi connectivity index (χ0) is 23.1. The van der Waals surface area contributed by atoms with Crippen LogP contribution in [0.2, 0.25) is 0 Å². The van der Waals surface area contributed by atoms with Crippen molar-refractivity contribution in [3.05, 3.63) is 53.7 Å². The Morgan fingerprint density at radius 1 is 1.03 bits per heavy atom. The Kier molecular flexibility index (Phi) is 5.62. The highest BCUT2D eigenvalue weighted by Gasteiger charge is 2.37. The first kappa shape index (κ1) is 21.6. The van der Waals surface area contributed by atoms with Crippen molar-refractivity contribution >= 4 is 16.7 Å². The van der Waals surface area contributed by atoms with E-state index >= 15 is 0 Å². The minimum Gasteiger partial charge on any atom is -0.508 e. The monoisotopic (exact) mass is 455 g/mol. The molecule has 0 atom stereocenters. The summed E-state index contributed by atoms with van der Waals surface area (Å²) in [6.07, 6.45) is 1.92. The molecule has 1 saturated heterocycles. The number of carboxylic acids is 1. The molecule has 1 aliphatic heterocycles. The van der Waals surface area contributed by atoms with Crippen molar-refractivity contribution in [2.24, 2.45) is 5.92 Å². The van der Waals surface area contributed by atoms with Crippen molar-refractivity contribution in [1.82, 2.24) is 4.98 Å². The molecule has 2 aliphatic rings. The first-order valence-electron chi connectivity index (χ1n) is 11.0. The van der Waals surface area contributed by atoms with E-state index < -0.39 is 23.5 Å². The number of aromatic nitrogens is 1. The van der Waals surface area contributed by atoms with E-state index in [4.69, 9.17) is 14.5 Å². The second kappa shape index (κ2) is 8.59. The summed E-state index contributed by atoms with van der Waals surface area (Å²) in [4.78, 5) is 16.0. The van der Waals surface area contributed by atoms with E-state index in [-0.39, 0.29) is 17.8 Å². The number of carbonyl (C=O) groups is 1. The van der Waals surface area contributed by atoms with Gasteiger partial charge in [0.1, 0.15) is 11.9 Å². The van der Waals surface area contributed by atoms with Crippen molar-refractivity contribution in [1.29, 1.82) is 0 Å². The quantitative estimate of drug-likeness (QED) is 0.562. The van der Waals surface area contributed by atoms with Gasteiger partial charge in [0.15, 0.2) is 11.6 Å². The lowest BCUT2D eigenvalue weighted by atomic mass is 9.82. The largest absolute Gasteiger partial charge is 0.508 e. The molecule has 0 bridgehead atoms. The fraction of sp³-hybridized carbons (Fsp3) is 0.360. The molecule has 5 rings (SSSR count). The Morgan fingerprint density at radius 2 is 1.79 bits per heavy atom. The first-order valence-corrected chi connectivity index (χ1v) is 11.0. The second-order valence-electron chi connectivity index (χ2n) is 8.67. The molecule has 1 aliphatic carbocycles. The van der Waals surface area contributed by atoms with Crippen molar-refractivity contribution in [3.8, 4) is 22.8 Å². The first-order chi connectivity index (χ1) is 15.9. The third-order valence-electron chi connectivity index (χ3n) is 6.52. The van der Waals surface area contributed by atoms with E-state index in [9.17, 15) is 23.8 Å². The number of phenols is 1. The highest BCUT2D eigenvalue weighted by atomic mass is 19.2. The van der Waals surface area contributed by atoms with Gasteiger partial charge in [-0.1, -0.05) is 6.07 Å². The van der Waals surface area contributed by atoms with E-state index in [2.05, 4.69) is 0 Å². The molecule has 0 spiro atoms. The number of rotatable bonds is 5. The van der Waals surface area contributed by atoms with Gasteiger partial charge >= 0.3 is 5.97 Å². The third-order valence-corrected chi connectivity index (χ3v) is 6.52. The van der Waals surface area contributed by atoms with E-state index in [0.717, 1.165) is 25.0 Å². The summed E-state index contributed by atoms with van der Waals surface area (Å²) < 4.78 is 39.5. The summed E-state index contributed by atoms with van der Waals surface area (Å²) in [5, 5.41) is 20.5. The summed E-state index contributed by atoms with van der Waals surface area (Å²) >= 11 is 0. The maximum atomic E-state index is 14.2. The molecule has 1 saturated carbocycles. The number of benzene rings is 2. The van der Waals surface area contributed by atoms with E-state index in [1.54, 1.807) is 6.07 Å². The van der Waals surface area contributed by atoms with Gasteiger partial charge in [0.25, 0.3) is 0 Å². The second-order valence-corrected chi connectivity index (χ2v) is 8.67. The smallest absolute Gasteiger partial charge is 0.306 e. The van der Waals surface area contributed by atoms with Crippen LogP contribution in [0.3, 0.4) is 0 Å². The lowest BCUT2D eigenvalue weighted by Crippen LogP contribution is -2.38. The van der Waals surface area contributed by atoms with Crippen LogP contribution in [0.25, 0.3) is 21.9 Å². The van der Waals surface area contributed by atoms with Crippen molar-refractivity contribution in [3.63, 3.8) is 0 Å². The minimum absolute atomic E-state index is 0.0150. The number of pyridine rings is 1. The van der Waals surface area contributed by atoms with Crippen LogP contribution in [0.4, 0.5) is 8.78 Å². The van der Waals surface area contributed by atoms with E-state index in [1.807, 2.05) is 0 Å². The number of halogens is 2. The van der Waals surface area contributed by atoms with E-state index in [1.165, 1.54) is 18.2 Å². The number of carboxylic acid groups (broad SMARTS) is 1. The number of aromatic hydroxyl groups is 1. The number of aliphatic carboxylic acids is 1. The summed E-state index contributed by atoms with van der Waals surface area (Å²) in [5.41, 5.74) is 1.85. The van der Waals surface area contributed by atoms with Crippen LogP contribution in [0.1, 0.15) is 37.3 Å². The summed E-state index contributed by atoms with van der Waals surface area (Å²) in [5.74, 6) is -2.82. The van der Waals surface area contributed by atoms with Crippen LogP contribution in [-0.2, 0) is 9.53 Å². The lowest BCUT2D eigenvalue weighted by molar-refractivity contribution is -0.148. The van der Waals surface area contributed by atoms with Gasteiger partial charge in [0.2, 0.25) is 5.88 Å². The van der Waals surface area contributed by atoms with Crippen LogP contribution in [0.15, 0.2) is 36.4 Å². The molecule has 3 aromatic rings. The van der Waals surface area contributed by atoms with Crippen LogP contribution in [0, 0.1) is 17.6 Å². The Labute approximate surface area is 188 Å². The Bertz CT molecular complexity index is 1220. The predicted octanol–water partition coefficient (Wildman–Crippen LogP) is 5.02. The molecule has 6 nitrogen and oxygen atoms in total. The molecule has 0 unspecified atom stereocenters. The third kappa shape index (κ3) is 4.11. The maximum Gasteiger partial charge on any atom is 0.306 e. The molecule has 172 valence electrons. The topological polar surface area (TPSA) is 88.9 Å². The SMILES string of the molecule is O=C(O)[C@H]1C[C@H](Oc2nc(C3CCOCC3)c(-c3ccc(F)c(F)c3)c3ccc(O)cc23)C1. The Balaban J connectivity index is 1.67. The molecule has 8 heteroatoms. The zero-order valence-corrected chi connectivity index (χ0v) is 17.8.